The zero-order valence-corrected chi connectivity index (χ0v) is 40.4. The van der Waals surface area contributed by atoms with Crippen molar-refractivity contribution >= 4 is 22.1 Å². The first-order valence-corrected chi connectivity index (χ1v) is 27.5. The third-order valence-electron chi connectivity index (χ3n) is 13.3. The molecule has 0 aromatic heterocycles. The van der Waals surface area contributed by atoms with Gasteiger partial charge in [0.2, 0.25) is 0 Å². The maximum Gasteiger partial charge on any atom is 0.475 e. The summed E-state index contributed by atoms with van der Waals surface area (Å²) in [7, 11) is -5.99. The molecule has 0 N–H and O–H groups in total. The van der Waals surface area contributed by atoms with Crippen LogP contribution in [-0.2, 0) is 69.5 Å². The van der Waals surface area contributed by atoms with Crippen molar-refractivity contribution in [2.75, 3.05) is 19.8 Å². The van der Waals surface area contributed by atoms with E-state index in [-0.39, 0.29) is 62.9 Å². The molecule has 1 unspecified atom stereocenters. The lowest BCUT2D eigenvalue weighted by Crippen LogP contribution is -2.45. The molecule has 2 aliphatic rings. The molecule has 63 heavy (non-hydrogen) atoms. The van der Waals surface area contributed by atoms with Crippen molar-refractivity contribution in [1.82, 2.24) is 0 Å². The van der Waals surface area contributed by atoms with Gasteiger partial charge in [-0.25, -0.2) is 9.36 Å². The molecule has 4 aromatic carbocycles. The van der Waals surface area contributed by atoms with Gasteiger partial charge in [-0.15, -0.1) is 0 Å². The van der Waals surface area contributed by atoms with E-state index in [1.54, 1.807) is 0 Å². The standard InChI is InChI=1S/C52H71O9PSi/c1-7-8-12-27-45(55-31-32-58-62(54,59-37-41-22-15-10-16-23-41)60-38-42-24-17-11-18-25-42)29-30-46-47-33-43-26-19-28-49(56-39-51(53)57-36-40-20-13-9-14-21-40)48(43)34-44(47)35-50(46)61-63(5,6)52(2,3)4/h9-11,13-26,28,44-47,50H,7-8,12,27,29-39H2,1-6H3/t44-,45-,46+,47-,50?/m0/s1. The van der Waals surface area contributed by atoms with Gasteiger partial charge in [0.05, 0.1) is 32.5 Å². The summed E-state index contributed by atoms with van der Waals surface area (Å²) in [6.45, 7) is 14.6. The zero-order chi connectivity index (χ0) is 44.7. The Morgan fingerprint density at radius 1 is 0.746 bits per heavy atom. The number of carbonyl (C=O) groups excluding carboxylic acids is 1. The van der Waals surface area contributed by atoms with Gasteiger partial charge in [-0.05, 0) is 108 Å². The Morgan fingerprint density at radius 3 is 1.97 bits per heavy atom. The van der Waals surface area contributed by atoms with E-state index in [9.17, 15) is 9.36 Å². The molecule has 0 amide bonds. The maximum absolute atomic E-state index is 14.0. The average Bonchev–Trinajstić information content (AvgIpc) is 3.61. The number of phosphoric acid groups is 1. The van der Waals surface area contributed by atoms with Crippen LogP contribution in [-0.4, -0.2) is 46.3 Å². The van der Waals surface area contributed by atoms with E-state index < -0.39 is 16.1 Å². The van der Waals surface area contributed by atoms with Crippen molar-refractivity contribution in [1.29, 1.82) is 0 Å². The minimum absolute atomic E-state index is 0.0279. The monoisotopic (exact) mass is 898 g/mol. The number of rotatable bonds is 25. The van der Waals surface area contributed by atoms with Gasteiger partial charge in [0.1, 0.15) is 12.4 Å². The van der Waals surface area contributed by atoms with Crippen LogP contribution in [0.2, 0.25) is 18.1 Å². The molecule has 0 heterocycles. The minimum Gasteiger partial charge on any atom is -0.482 e. The van der Waals surface area contributed by atoms with E-state index in [1.807, 2.05) is 97.1 Å². The summed E-state index contributed by atoms with van der Waals surface area (Å²) >= 11 is 0. The van der Waals surface area contributed by atoms with E-state index >= 15 is 0 Å². The van der Waals surface area contributed by atoms with Gasteiger partial charge >= 0.3 is 13.8 Å². The lowest BCUT2D eigenvalue weighted by atomic mass is 9.73. The normalized spacial score (nSPS) is 19.3. The zero-order valence-electron chi connectivity index (χ0n) is 38.5. The Bertz CT molecular complexity index is 1980. The molecule has 4 aromatic rings. The van der Waals surface area contributed by atoms with Gasteiger partial charge in [-0.2, -0.15) is 0 Å². The van der Waals surface area contributed by atoms with E-state index in [4.69, 9.17) is 32.2 Å². The van der Waals surface area contributed by atoms with Gasteiger partial charge < -0.3 is 18.6 Å². The Kier molecular flexibility index (Phi) is 18.3. The molecular weight excluding hydrogens is 828 g/mol. The highest BCUT2D eigenvalue weighted by molar-refractivity contribution is 7.48. The van der Waals surface area contributed by atoms with Crippen LogP contribution in [0.1, 0.15) is 100 Å². The molecule has 0 bridgehead atoms. The molecule has 0 aliphatic heterocycles. The third kappa shape index (κ3) is 14.7. The average molecular weight is 899 g/mol. The minimum atomic E-state index is -3.91. The van der Waals surface area contributed by atoms with Crippen LogP contribution in [0.5, 0.6) is 5.75 Å². The van der Waals surface area contributed by atoms with Gasteiger partial charge in [-0.1, -0.05) is 150 Å². The Balaban J connectivity index is 1.10. The highest BCUT2D eigenvalue weighted by atomic mass is 31.2. The number of carbonyl (C=O) groups is 1. The summed E-state index contributed by atoms with van der Waals surface area (Å²) in [6, 6.07) is 35.2. The number of unbranched alkanes of at least 4 members (excludes halogenated alkanes) is 2. The Morgan fingerprint density at radius 2 is 1.37 bits per heavy atom. The van der Waals surface area contributed by atoms with Gasteiger partial charge in [0, 0.05) is 6.10 Å². The van der Waals surface area contributed by atoms with Crippen molar-refractivity contribution in [2.45, 2.75) is 136 Å². The molecule has 342 valence electrons. The van der Waals surface area contributed by atoms with Crippen LogP contribution in [0.15, 0.2) is 109 Å². The Labute approximate surface area is 378 Å². The molecule has 1 saturated carbocycles. The van der Waals surface area contributed by atoms with Crippen LogP contribution in [0.3, 0.4) is 0 Å². The molecule has 6 rings (SSSR count). The van der Waals surface area contributed by atoms with E-state index in [1.165, 1.54) is 11.1 Å². The summed E-state index contributed by atoms with van der Waals surface area (Å²) in [5, 5.41) is 0.0886. The van der Waals surface area contributed by atoms with Crippen molar-refractivity contribution in [3.63, 3.8) is 0 Å². The largest absolute Gasteiger partial charge is 0.482 e. The van der Waals surface area contributed by atoms with Crippen LogP contribution < -0.4 is 4.74 Å². The second-order valence-corrected chi connectivity index (χ2v) is 25.3. The van der Waals surface area contributed by atoms with Crippen LogP contribution in [0.4, 0.5) is 0 Å². The number of benzene rings is 4. The van der Waals surface area contributed by atoms with Crippen LogP contribution in [0, 0.1) is 17.8 Å². The molecule has 0 saturated heterocycles. The molecule has 1 fully saturated rings. The molecule has 0 spiro atoms. The lowest BCUT2D eigenvalue weighted by molar-refractivity contribution is -0.147. The number of phosphoric ester groups is 1. The Hall–Kier alpha value is -3.60. The fraction of sp³-hybridized carbons (Fsp3) is 0.519. The summed E-state index contributed by atoms with van der Waals surface area (Å²) in [6.07, 6.45) is 9.24. The van der Waals surface area contributed by atoms with Crippen molar-refractivity contribution < 1.29 is 41.6 Å². The first-order chi connectivity index (χ1) is 30.3. The second kappa shape index (κ2) is 23.5. The number of fused-ring (bicyclic) bond motifs is 2. The van der Waals surface area contributed by atoms with Gasteiger partial charge in [-0.3, -0.25) is 13.6 Å². The highest BCUT2D eigenvalue weighted by Gasteiger charge is 2.49. The number of hydrogen-bond acceptors (Lipinski definition) is 9. The first kappa shape index (κ1) is 48.8. The van der Waals surface area contributed by atoms with Crippen molar-refractivity contribution in [2.24, 2.45) is 17.8 Å². The quantitative estimate of drug-likeness (QED) is 0.0279. The number of hydrogen-bond donors (Lipinski definition) is 0. The predicted molar refractivity (Wildman–Crippen MR) is 252 cm³/mol. The van der Waals surface area contributed by atoms with E-state index in [0.29, 0.717) is 17.8 Å². The smallest absolute Gasteiger partial charge is 0.475 e. The first-order valence-electron chi connectivity index (χ1n) is 23.2. The summed E-state index contributed by atoms with van der Waals surface area (Å²) in [5.41, 5.74) is 5.22. The molecule has 11 heteroatoms. The summed E-state index contributed by atoms with van der Waals surface area (Å²) in [4.78, 5) is 12.7. The van der Waals surface area contributed by atoms with Gasteiger partial charge in [0.15, 0.2) is 14.9 Å². The fourth-order valence-corrected chi connectivity index (χ4v) is 11.3. The fourth-order valence-electron chi connectivity index (χ4n) is 8.76. The molecular formula is C52H71O9PSi. The predicted octanol–water partition coefficient (Wildman–Crippen LogP) is 12.9. The highest BCUT2D eigenvalue weighted by Crippen LogP contribution is 2.53. The van der Waals surface area contributed by atoms with E-state index in [2.05, 4.69) is 52.9 Å². The third-order valence-corrected chi connectivity index (χ3v) is 19.2. The summed E-state index contributed by atoms with van der Waals surface area (Å²) < 4.78 is 57.3. The molecule has 0 radical (unpaired) electrons. The van der Waals surface area contributed by atoms with Gasteiger partial charge in [0.25, 0.3) is 0 Å². The van der Waals surface area contributed by atoms with Crippen LogP contribution in [0.25, 0.3) is 0 Å². The second-order valence-electron chi connectivity index (χ2n) is 18.8. The topological polar surface area (TPSA) is 98.8 Å². The molecule has 5 atom stereocenters. The summed E-state index contributed by atoms with van der Waals surface area (Å²) in [5.74, 6) is 1.69. The SMILES string of the molecule is CCCCC[C@@H](CC[C@H]1C(O[Si](C)(C)C(C)(C)C)C[C@@H]2Cc3c(cccc3OCC(=O)OCc3ccccc3)C[C@@H]21)OCCOP(=O)(OCc1ccccc1)OCc1ccccc1. The molecule has 2 aliphatic carbocycles. The van der Waals surface area contributed by atoms with E-state index in [0.717, 1.165) is 80.2 Å². The van der Waals surface area contributed by atoms with Crippen LogP contribution >= 0.6 is 7.82 Å². The lowest BCUT2D eigenvalue weighted by Gasteiger charge is -2.40. The van der Waals surface area contributed by atoms with Crippen molar-refractivity contribution in [3.8, 4) is 5.75 Å². The molecule has 9 nitrogen and oxygen atoms in total. The number of ether oxygens (including phenoxy) is 3. The maximum atomic E-state index is 14.0. The van der Waals surface area contributed by atoms with Crippen molar-refractivity contribution in [3.05, 3.63) is 137 Å². The number of esters is 1.